The third-order valence-electron chi connectivity index (χ3n) is 4.63. The average Bonchev–Trinajstić information content (AvgIpc) is 2.78. The Morgan fingerprint density at radius 1 is 0.833 bits per heavy atom. The van der Waals surface area contributed by atoms with Crippen LogP contribution in [0.1, 0.15) is 0 Å². The minimum Gasteiger partial charge on any atom is -0.353 e. The zero-order chi connectivity index (χ0) is 20.9. The van der Waals surface area contributed by atoms with Gasteiger partial charge in [-0.2, -0.15) is 0 Å². The van der Waals surface area contributed by atoms with Gasteiger partial charge in [-0.25, -0.2) is 28.5 Å². The standard InChI is InChI=1S/C20H19F2N7O/c21-15-4-3-5-16(22)18(15)27-20(30)26-14-12-24-19(25-13-14)29-10-8-28(9-11-29)17-6-1-2-7-23-17/h1-7,12-13H,8-11H2,(H2,26,27,30). The van der Waals surface area contributed by atoms with Crippen LogP contribution in [0.25, 0.3) is 0 Å². The summed E-state index contributed by atoms with van der Waals surface area (Å²) >= 11 is 0. The lowest BCUT2D eigenvalue weighted by atomic mass is 10.3. The molecule has 0 atom stereocenters. The third kappa shape index (κ3) is 4.43. The molecular weight excluding hydrogens is 392 g/mol. The van der Waals surface area contributed by atoms with Crippen molar-refractivity contribution in [2.75, 3.05) is 46.6 Å². The highest BCUT2D eigenvalue weighted by molar-refractivity contribution is 5.99. The van der Waals surface area contributed by atoms with Gasteiger partial charge in [-0.05, 0) is 24.3 Å². The summed E-state index contributed by atoms with van der Waals surface area (Å²) in [6.07, 6.45) is 4.67. The molecule has 3 heterocycles. The number of carbonyl (C=O) groups is 1. The molecule has 1 aliphatic rings. The normalized spacial score (nSPS) is 13.8. The largest absolute Gasteiger partial charge is 0.353 e. The molecule has 2 N–H and O–H groups in total. The monoisotopic (exact) mass is 411 g/mol. The van der Waals surface area contributed by atoms with Crippen LogP contribution in [0.2, 0.25) is 0 Å². The molecule has 30 heavy (non-hydrogen) atoms. The molecule has 2 amide bonds. The van der Waals surface area contributed by atoms with E-state index in [0.29, 0.717) is 11.6 Å². The maximum atomic E-state index is 13.6. The summed E-state index contributed by atoms with van der Waals surface area (Å²) in [6, 6.07) is 8.37. The number of hydrogen-bond acceptors (Lipinski definition) is 6. The number of carbonyl (C=O) groups excluding carboxylic acids is 1. The zero-order valence-electron chi connectivity index (χ0n) is 15.9. The second kappa shape index (κ2) is 8.68. The minimum atomic E-state index is -0.860. The highest BCUT2D eigenvalue weighted by Gasteiger charge is 2.20. The van der Waals surface area contributed by atoms with Crippen molar-refractivity contribution >= 4 is 29.2 Å². The second-order valence-corrected chi connectivity index (χ2v) is 6.61. The fourth-order valence-corrected chi connectivity index (χ4v) is 3.12. The van der Waals surface area contributed by atoms with Crippen molar-refractivity contribution in [2.45, 2.75) is 0 Å². The van der Waals surface area contributed by atoms with Crippen LogP contribution in [0, 0.1) is 11.6 Å². The van der Waals surface area contributed by atoms with Gasteiger partial charge in [-0.1, -0.05) is 12.1 Å². The summed E-state index contributed by atoms with van der Waals surface area (Å²) in [7, 11) is 0. The summed E-state index contributed by atoms with van der Waals surface area (Å²) in [4.78, 5) is 29.2. The lowest BCUT2D eigenvalue weighted by Crippen LogP contribution is -2.47. The highest BCUT2D eigenvalue weighted by Crippen LogP contribution is 2.19. The summed E-state index contributed by atoms with van der Waals surface area (Å²) in [6.45, 7) is 3.04. The Labute approximate surface area is 171 Å². The summed E-state index contributed by atoms with van der Waals surface area (Å²) in [5.74, 6) is -0.236. The molecule has 1 aliphatic heterocycles. The van der Waals surface area contributed by atoms with Crippen molar-refractivity contribution in [2.24, 2.45) is 0 Å². The van der Waals surface area contributed by atoms with Gasteiger partial charge in [0.1, 0.15) is 23.1 Å². The summed E-state index contributed by atoms with van der Waals surface area (Å²) < 4.78 is 27.2. The van der Waals surface area contributed by atoms with Crippen LogP contribution in [0.15, 0.2) is 55.0 Å². The van der Waals surface area contributed by atoms with E-state index in [4.69, 9.17) is 0 Å². The number of anilines is 4. The van der Waals surface area contributed by atoms with Gasteiger partial charge in [0, 0.05) is 32.4 Å². The lowest BCUT2D eigenvalue weighted by Gasteiger charge is -2.35. The molecule has 1 aromatic carbocycles. The number of rotatable bonds is 4. The second-order valence-electron chi connectivity index (χ2n) is 6.61. The van der Waals surface area contributed by atoms with E-state index in [1.807, 2.05) is 23.1 Å². The number of urea groups is 1. The van der Waals surface area contributed by atoms with Crippen molar-refractivity contribution in [3.63, 3.8) is 0 Å². The van der Waals surface area contributed by atoms with Gasteiger partial charge in [-0.15, -0.1) is 0 Å². The first-order valence-electron chi connectivity index (χ1n) is 9.35. The third-order valence-corrected chi connectivity index (χ3v) is 4.63. The van der Waals surface area contributed by atoms with E-state index >= 15 is 0 Å². The first kappa shape index (κ1) is 19.5. The number of para-hydroxylation sites is 1. The predicted octanol–water partition coefficient (Wildman–Crippen LogP) is 3.12. The van der Waals surface area contributed by atoms with Gasteiger partial charge < -0.3 is 20.4 Å². The van der Waals surface area contributed by atoms with E-state index in [0.717, 1.165) is 44.1 Å². The molecule has 0 aliphatic carbocycles. The van der Waals surface area contributed by atoms with Crippen molar-refractivity contribution in [1.29, 1.82) is 0 Å². The van der Waals surface area contributed by atoms with Crippen LogP contribution >= 0.6 is 0 Å². The van der Waals surface area contributed by atoms with Crippen LogP contribution in [0.5, 0.6) is 0 Å². The molecule has 10 heteroatoms. The van der Waals surface area contributed by atoms with Crippen LogP contribution in [0.4, 0.5) is 36.7 Å². The minimum absolute atomic E-state index is 0.306. The van der Waals surface area contributed by atoms with E-state index < -0.39 is 23.4 Å². The van der Waals surface area contributed by atoms with Crippen LogP contribution in [0.3, 0.4) is 0 Å². The number of nitrogens with zero attached hydrogens (tertiary/aromatic N) is 5. The Kier molecular flexibility index (Phi) is 5.64. The van der Waals surface area contributed by atoms with E-state index in [-0.39, 0.29) is 0 Å². The zero-order valence-corrected chi connectivity index (χ0v) is 15.9. The van der Waals surface area contributed by atoms with Crippen molar-refractivity contribution < 1.29 is 13.6 Å². The molecule has 1 saturated heterocycles. The maximum absolute atomic E-state index is 13.6. The number of benzene rings is 1. The lowest BCUT2D eigenvalue weighted by molar-refractivity contribution is 0.262. The summed E-state index contributed by atoms with van der Waals surface area (Å²) in [5.41, 5.74) is -0.210. The molecule has 0 spiro atoms. The highest BCUT2D eigenvalue weighted by atomic mass is 19.1. The molecular formula is C20H19F2N7O. The molecule has 4 rings (SSSR count). The topological polar surface area (TPSA) is 86.3 Å². The predicted molar refractivity (Wildman–Crippen MR) is 110 cm³/mol. The van der Waals surface area contributed by atoms with Gasteiger partial charge in [-0.3, -0.25) is 0 Å². The van der Waals surface area contributed by atoms with E-state index in [9.17, 15) is 13.6 Å². The van der Waals surface area contributed by atoms with Crippen molar-refractivity contribution in [3.8, 4) is 0 Å². The molecule has 2 aromatic heterocycles. The number of aromatic nitrogens is 3. The van der Waals surface area contributed by atoms with E-state index in [1.165, 1.54) is 18.5 Å². The Morgan fingerprint density at radius 2 is 1.50 bits per heavy atom. The van der Waals surface area contributed by atoms with Crippen molar-refractivity contribution in [3.05, 3.63) is 66.6 Å². The Hall–Kier alpha value is -3.82. The number of pyridine rings is 1. The Bertz CT molecular complexity index is 989. The molecule has 0 unspecified atom stereocenters. The number of hydrogen-bond donors (Lipinski definition) is 2. The molecule has 8 nitrogen and oxygen atoms in total. The summed E-state index contributed by atoms with van der Waals surface area (Å²) in [5, 5.41) is 4.61. The Balaban J connectivity index is 1.33. The first-order valence-corrected chi connectivity index (χ1v) is 9.35. The van der Waals surface area contributed by atoms with Gasteiger partial charge >= 0.3 is 6.03 Å². The quantitative estimate of drug-likeness (QED) is 0.686. The molecule has 0 radical (unpaired) electrons. The molecule has 0 bridgehead atoms. The van der Waals surface area contributed by atoms with Crippen molar-refractivity contribution in [1.82, 2.24) is 15.0 Å². The fraction of sp³-hybridized carbons (Fsp3) is 0.200. The van der Waals surface area contributed by atoms with Gasteiger partial charge in [0.15, 0.2) is 0 Å². The average molecular weight is 411 g/mol. The number of halogens is 2. The number of piperazine rings is 1. The molecule has 154 valence electrons. The van der Waals surface area contributed by atoms with Crippen LogP contribution in [-0.2, 0) is 0 Å². The molecule has 0 saturated carbocycles. The van der Waals surface area contributed by atoms with Gasteiger partial charge in [0.2, 0.25) is 5.95 Å². The van der Waals surface area contributed by atoms with Gasteiger partial charge in [0.05, 0.1) is 18.1 Å². The Morgan fingerprint density at radius 3 is 2.13 bits per heavy atom. The fourth-order valence-electron chi connectivity index (χ4n) is 3.12. The smallest absolute Gasteiger partial charge is 0.323 e. The number of nitrogens with one attached hydrogen (secondary N) is 2. The van der Waals surface area contributed by atoms with Gasteiger partial charge in [0.25, 0.3) is 0 Å². The van der Waals surface area contributed by atoms with E-state index in [2.05, 4.69) is 30.5 Å². The van der Waals surface area contributed by atoms with Crippen LogP contribution < -0.4 is 20.4 Å². The number of amides is 2. The van der Waals surface area contributed by atoms with E-state index in [1.54, 1.807) is 6.20 Å². The van der Waals surface area contributed by atoms with Crippen LogP contribution in [-0.4, -0.2) is 47.2 Å². The maximum Gasteiger partial charge on any atom is 0.323 e. The first-order chi connectivity index (χ1) is 14.6. The molecule has 1 fully saturated rings. The SMILES string of the molecule is O=C(Nc1cnc(N2CCN(c3ccccn3)CC2)nc1)Nc1c(F)cccc1F. The molecule has 3 aromatic rings.